The fourth-order valence-corrected chi connectivity index (χ4v) is 9.01. The highest BCUT2D eigenvalue weighted by molar-refractivity contribution is 5.43. The van der Waals surface area contributed by atoms with Gasteiger partial charge in [0.15, 0.2) is 0 Å². The summed E-state index contributed by atoms with van der Waals surface area (Å²) >= 11 is 0. The molecule has 5 aromatic rings. The van der Waals surface area contributed by atoms with Crippen LogP contribution in [0.15, 0.2) is 152 Å². The second-order valence-electron chi connectivity index (χ2n) is 16.6. The third-order valence-corrected chi connectivity index (χ3v) is 12.5. The van der Waals surface area contributed by atoms with Crippen LogP contribution >= 0.6 is 0 Å². The minimum Gasteiger partial charge on any atom is -0.0808 e. The van der Waals surface area contributed by atoms with E-state index in [4.69, 9.17) is 0 Å². The zero-order chi connectivity index (χ0) is 38.2. The van der Waals surface area contributed by atoms with Crippen molar-refractivity contribution in [2.45, 2.75) is 122 Å². The molecule has 1 saturated carbocycles. The van der Waals surface area contributed by atoms with Crippen LogP contribution in [0.25, 0.3) is 0 Å². The Morgan fingerprint density at radius 2 is 0.909 bits per heavy atom. The van der Waals surface area contributed by atoms with E-state index in [1.807, 2.05) is 6.07 Å². The molecule has 4 unspecified atom stereocenters. The van der Waals surface area contributed by atoms with Gasteiger partial charge in [-0.3, -0.25) is 0 Å². The highest BCUT2D eigenvalue weighted by Gasteiger charge is 2.21. The Morgan fingerprint density at radius 3 is 1.47 bits per heavy atom. The first-order chi connectivity index (χ1) is 27.0. The van der Waals surface area contributed by atoms with Crippen molar-refractivity contribution in [1.29, 1.82) is 0 Å². The van der Waals surface area contributed by atoms with E-state index in [0.29, 0.717) is 17.8 Å². The highest BCUT2D eigenvalue weighted by Crippen LogP contribution is 2.34. The molecule has 0 saturated heterocycles. The molecule has 0 radical (unpaired) electrons. The van der Waals surface area contributed by atoms with Gasteiger partial charge in [0.1, 0.15) is 0 Å². The number of hydrogen-bond acceptors (Lipinski definition) is 0. The molecule has 0 heteroatoms. The Balaban J connectivity index is 0.000000130. The van der Waals surface area contributed by atoms with Crippen LogP contribution in [0.4, 0.5) is 0 Å². The van der Waals surface area contributed by atoms with Crippen LogP contribution in [0.5, 0.6) is 0 Å². The summed E-state index contributed by atoms with van der Waals surface area (Å²) in [5, 5.41) is 0. The lowest BCUT2D eigenvalue weighted by molar-refractivity contribution is 0.335. The zero-order valence-electron chi connectivity index (χ0n) is 34.3. The van der Waals surface area contributed by atoms with Crippen LogP contribution in [0, 0.1) is 11.8 Å². The number of benzene rings is 5. The Hall–Kier alpha value is -4.42. The summed E-state index contributed by atoms with van der Waals surface area (Å²) in [6, 6.07) is 46.2. The first kappa shape index (κ1) is 40.2. The maximum absolute atomic E-state index is 2.44. The Bertz CT molecular complexity index is 1890. The zero-order valence-corrected chi connectivity index (χ0v) is 34.3. The fraction of sp³-hybridized carbons (Fsp3) is 0.382. The number of fused-ring (bicyclic) bond motifs is 3. The maximum atomic E-state index is 2.44. The third kappa shape index (κ3) is 11.5. The van der Waals surface area contributed by atoms with Crippen LogP contribution in [0.1, 0.15) is 147 Å². The lowest BCUT2D eigenvalue weighted by Gasteiger charge is -2.28. The van der Waals surface area contributed by atoms with Crippen molar-refractivity contribution in [3.8, 4) is 0 Å². The van der Waals surface area contributed by atoms with Crippen LogP contribution < -0.4 is 0 Å². The lowest BCUT2D eigenvalue weighted by Crippen LogP contribution is -2.16. The van der Waals surface area contributed by atoms with Crippen LogP contribution in [-0.2, 0) is 25.7 Å². The van der Waals surface area contributed by atoms with E-state index in [9.17, 15) is 0 Å². The molecule has 0 spiro atoms. The average molecular weight is 727 g/mol. The number of allylic oxidation sites excluding steroid dienone is 4. The van der Waals surface area contributed by atoms with Crippen LogP contribution in [0.2, 0.25) is 0 Å². The van der Waals surface area contributed by atoms with Crippen molar-refractivity contribution >= 4 is 0 Å². The van der Waals surface area contributed by atoms with Crippen LogP contribution in [0.3, 0.4) is 0 Å². The summed E-state index contributed by atoms with van der Waals surface area (Å²) in [4.78, 5) is 0. The first-order valence-corrected chi connectivity index (χ1v) is 21.7. The van der Waals surface area contributed by atoms with E-state index in [-0.39, 0.29) is 0 Å². The molecule has 0 N–H and O–H groups in total. The quantitative estimate of drug-likeness (QED) is 0.169. The predicted octanol–water partition coefficient (Wildman–Crippen LogP) is 15.2. The minimum absolute atomic E-state index is 0.499. The van der Waals surface area contributed by atoms with Gasteiger partial charge in [-0.15, -0.1) is 0 Å². The maximum Gasteiger partial charge on any atom is 0.00638 e. The first-order valence-electron chi connectivity index (χ1n) is 21.7. The molecule has 4 aliphatic carbocycles. The molecule has 0 bridgehead atoms. The summed E-state index contributed by atoms with van der Waals surface area (Å²) < 4.78 is 0. The molecule has 55 heavy (non-hydrogen) atoms. The molecular weight excluding hydrogens is 661 g/mol. The van der Waals surface area contributed by atoms with Crippen molar-refractivity contribution in [3.63, 3.8) is 0 Å². The molecule has 5 aromatic carbocycles. The molecule has 4 aliphatic rings. The topological polar surface area (TPSA) is 0 Å². The molecule has 9 rings (SSSR count). The Kier molecular flexibility index (Phi) is 15.4. The van der Waals surface area contributed by atoms with Crippen molar-refractivity contribution in [3.05, 3.63) is 202 Å². The lowest BCUT2D eigenvalue weighted by atomic mass is 9.77. The third-order valence-electron chi connectivity index (χ3n) is 12.5. The van der Waals surface area contributed by atoms with E-state index < -0.39 is 0 Å². The van der Waals surface area contributed by atoms with E-state index in [0.717, 1.165) is 11.8 Å². The average Bonchev–Trinajstić information content (AvgIpc) is 3.27. The second-order valence-corrected chi connectivity index (χ2v) is 16.6. The highest BCUT2D eigenvalue weighted by atomic mass is 14.3. The summed E-state index contributed by atoms with van der Waals surface area (Å²) in [6.07, 6.45) is 25.4. The fourth-order valence-electron chi connectivity index (χ4n) is 9.01. The van der Waals surface area contributed by atoms with Gasteiger partial charge in [-0.25, -0.2) is 0 Å². The van der Waals surface area contributed by atoms with Crippen molar-refractivity contribution in [2.24, 2.45) is 11.8 Å². The van der Waals surface area contributed by atoms with Gasteiger partial charge in [-0.2, -0.15) is 0 Å². The molecule has 4 atom stereocenters. The molecule has 0 nitrogen and oxygen atoms in total. The molecular formula is C55H66. The van der Waals surface area contributed by atoms with Crippen LogP contribution in [-0.4, -0.2) is 0 Å². The predicted molar refractivity (Wildman–Crippen MR) is 238 cm³/mol. The summed E-state index contributed by atoms with van der Waals surface area (Å²) in [6.45, 7) is 9.05. The number of hydrogen-bond donors (Lipinski definition) is 0. The van der Waals surface area contributed by atoms with Gasteiger partial charge in [0.25, 0.3) is 0 Å². The summed E-state index contributed by atoms with van der Waals surface area (Å²) in [7, 11) is 0. The molecule has 0 aliphatic heterocycles. The second kappa shape index (κ2) is 21.0. The van der Waals surface area contributed by atoms with Gasteiger partial charge >= 0.3 is 0 Å². The van der Waals surface area contributed by atoms with Gasteiger partial charge in [0.2, 0.25) is 0 Å². The molecule has 286 valence electrons. The van der Waals surface area contributed by atoms with Gasteiger partial charge in [0, 0.05) is 11.8 Å². The molecule has 0 aromatic heterocycles. The molecule has 0 heterocycles. The largest absolute Gasteiger partial charge is 0.0808 e. The number of rotatable bonds is 5. The van der Waals surface area contributed by atoms with Crippen molar-refractivity contribution in [2.75, 3.05) is 0 Å². The van der Waals surface area contributed by atoms with E-state index >= 15 is 0 Å². The van der Waals surface area contributed by atoms with E-state index in [1.54, 1.807) is 27.8 Å². The molecule has 0 amide bonds. The standard InChI is InChI=1S/2C18H20.C10H14.C9H12/c1-14(15-8-3-2-4-9-15)17-13-7-11-16-10-5-6-12-18(16)17;1-14(15-7-3-2-4-8-15)17-12-11-16-9-5-6-10-18(16)13-17;1-2-6-10-8-4-3-7-9(10)5-1;1-8(2)9-6-4-3-5-7-9/h2-4,7-9,11,13-14H,5-6,10,12H2,1H3;2-4,7-8,11-14H,5-6,9-10H2,1H3;1-2,5-6,9-10H,3-4,7-8H2;3-8H,1-2H3. The Labute approximate surface area is 334 Å². The Morgan fingerprint density at radius 1 is 0.400 bits per heavy atom. The van der Waals surface area contributed by atoms with Crippen molar-refractivity contribution < 1.29 is 0 Å². The van der Waals surface area contributed by atoms with Gasteiger partial charge in [-0.1, -0.05) is 192 Å². The van der Waals surface area contributed by atoms with Crippen molar-refractivity contribution in [1.82, 2.24) is 0 Å². The van der Waals surface area contributed by atoms with E-state index in [1.165, 1.54) is 99.3 Å². The van der Waals surface area contributed by atoms with Gasteiger partial charge < -0.3 is 0 Å². The molecule has 1 fully saturated rings. The normalized spacial score (nSPS) is 19.0. The smallest absolute Gasteiger partial charge is 0.00638 e. The monoisotopic (exact) mass is 727 g/mol. The number of aryl methyl sites for hydroxylation is 3. The summed E-state index contributed by atoms with van der Waals surface area (Å²) in [5.74, 6) is 3.45. The summed E-state index contributed by atoms with van der Waals surface area (Å²) in [5.41, 5.74) is 13.6. The minimum atomic E-state index is 0.499. The van der Waals surface area contributed by atoms with E-state index in [2.05, 4.69) is 173 Å². The van der Waals surface area contributed by atoms with Gasteiger partial charge in [-0.05, 0) is 132 Å². The SMILES string of the molecule is C1=CC2CCCCC2C=C1.CC(C)c1ccccc1.CC(c1ccccc1)c1ccc2c(c1)CCCC2.CC(c1ccccc1)c1cccc2c1CCCC2. The van der Waals surface area contributed by atoms with Gasteiger partial charge in [0.05, 0.1) is 0 Å².